The van der Waals surface area contributed by atoms with Crippen molar-refractivity contribution in [2.24, 2.45) is 0 Å². The van der Waals surface area contributed by atoms with Crippen LogP contribution in [-0.4, -0.2) is 12.2 Å². The van der Waals surface area contributed by atoms with Gasteiger partial charge in [0.15, 0.2) is 11.5 Å². The quantitative estimate of drug-likeness (QED) is 0.731. The van der Waals surface area contributed by atoms with Gasteiger partial charge in [0.25, 0.3) is 0 Å². The van der Waals surface area contributed by atoms with E-state index in [2.05, 4.69) is 0 Å². The Bertz CT molecular complexity index is 406. The summed E-state index contributed by atoms with van der Waals surface area (Å²) >= 11 is 1.63. The molecule has 0 aliphatic heterocycles. The van der Waals surface area contributed by atoms with E-state index in [1.807, 2.05) is 17.5 Å². The number of rotatable bonds is 1. The number of methoxy groups -OCH3 is 1. The molecule has 1 heterocycles. The highest BCUT2D eigenvalue weighted by molar-refractivity contribution is 7.17. The van der Waals surface area contributed by atoms with Crippen LogP contribution in [0.2, 0.25) is 0 Å². The summed E-state index contributed by atoms with van der Waals surface area (Å²) in [5, 5.41) is 12.4. The molecule has 12 heavy (non-hydrogen) atoms. The van der Waals surface area contributed by atoms with E-state index in [4.69, 9.17) is 4.74 Å². The van der Waals surface area contributed by atoms with Gasteiger partial charge in [-0.15, -0.1) is 11.3 Å². The molecule has 0 aliphatic carbocycles. The Kier molecular flexibility index (Phi) is 1.66. The van der Waals surface area contributed by atoms with E-state index in [0.29, 0.717) is 5.75 Å². The predicted molar refractivity (Wildman–Crippen MR) is 50.0 cm³/mol. The molecule has 2 nitrogen and oxygen atoms in total. The fourth-order valence-electron chi connectivity index (χ4n) is 1.22. The lowest BCUT2D eigenvalue weighted by Gasteiger charge is -2.03. The minimum atomic E-state index is 0.198. The van der Waals surface area contributed by atoms with Crippen LogP contribution in [-0.2, 0) is 0 Å². The monoisotopic (exact) mass is 180 g/mol. The highest BCUT2D eigenvalue weighted by atomic mass is 32.1. The van der Waals surface area contributed by atoms with Crippen LogP contribution in [0.5, 0.6) is 11.5 Å². The number of aromatic hydroxyl groups is 1. The van der Waals surface area contributed by atoms with E-state index in [9.17, 15) is 5.11 Å². The summed E-state index contributed by atoms with van der Waals surface area (Å²) in [4.78, 5) is 0. The Hall–Kier alpha value is -1.22. The Labute approximate surface area is 74.0 Å². The Morgan fingerprint density at radius 3 is 2.92 bits per heavy atom. The maximum absolute atomic E-state index is 9.41. The molecular weight excluding hydrogens is 172 g/mol. The lowest BCUT2D eigenvalue weighted by molar-refractivity contribution is 0.378. The number of benzene rings is 1. The van der Waals surface area contributed by atoms with Gasteiger partial charge in [0.1, 0.15) is 0 Å². The molecule has 0 unspecified atom stereocenters. The van der Waals surface area contributed by atoms with Crippen molar-refractivity contribution in [2.45, 2.75) is 0 Å². The topological polar surface area (TPSA) is 29.5 Å². The molecular formula is C9H8O2S. The van der Waals surface area contributed by atoms with Crippen LogP contribution in [0.3, 0.4) is 0 Å². The molecule has 0 fully saturated rings. The molecule has 0 saturated heterocycles. The van der Waals surface area contributed by atoms with Crippen molar-refractivity contribution in [3.63, 3.8) is 0 Å². The number of fused-ring (bicyclic) bond motifs is 1. The first-order valence-corrected chi connectivity index (χ1v) is 4.44. The average Bonchev–Trinajstić information content (AvgIpc) is 2.52. The van der Waals surface area contributed by atoms with Crippen molar-refractivity contribution in [3.05, 3.63) is 23.6 Å². The summed E-state index contributed by atoms with van der Waals surface area (Å²) in [5.74, 6) is 0.761. The van der Waals surface area contributed by atoms with Crippen LogP contribution >= 0.6 is 11.3 Å². The number of thiophene rings is 1. The first-order chi connectivity index (χ1) is 5.83. The summed E-state index contributed by atoms with van der Waals surface area (Å²) in [6, 6.07) is 5.48. The molecule has 0 atom stereocenters. The highest BCUT2D eigenvalue weighted by Crippen LogP contribution is 2.36. The maximum atomic E-state index is 9.41. The highest BCUT2D eigenvalue weighted by Gasteiger charge is 2.06. The zero-order valence-corrected chi connectivity index (χ0v) is 7.39. The second-order valence-electron chi connectivity index (χ2n) is 2.45. The minimum absolute atomic E-state index is 0.198. The summed E-state index contributed by atoms with van der Waals surface area (Å²) < 4.78 is 6.20. The molecule has 0 bridgehead atoms. The molecule has 0 aliphatic rings. The van der Waals surface area contributed by atoms with Gasteiger partial charge in [0.05, 0.1) is 7.11 Å². The molecule has 2 aromatic rings. The summed E-state index contributed by atoms with van der Waals surface area (Å²) in [6.45, 7) is 0. The van der Waals surface area contributed by atoms with E-state index >= 15 is 0 Å². The third kappa shape index (κ3) is 0.940. The van der Waals surface area contributed by atoms with Gasteiger partial charge < -0.3 is 9.84 Å². The van der Waals surface area contributed by atoms with Gasteiger partial charge in [-0.2, -0.15) is 0 Å². The Balaban J connectivity index is 2.83. The molecule has 1 aromatic carbocycles. The number of phenols is 1. The van der Waals surface area contributed by atoms with Gasteiger partial charge in [0.2, 0.25) is 0 Å². The summed E-state index contributed by atoms with van der Waals surface area (Å²) in [6.07, 6.45) is 0. The smallest absolute Gasteiger partial charge is 0.169 e. The number of hydrogen-bond donors (Lipinski definition) is 1. The largest absolute Gasteiger partial charge is 0.504 e. The fraction of sp³-hybridized carbons (Fsp3) is 0.111. The van der Waals surface area contributed by atoms with E-state index < -0.39 is 0 Å². The molecule has 1 aromatic heterocycles. The van der Waals surface area contributed by atoms with E-state index in [-0.39, 0.29) is 5.75 Å². The SMILES string of the molecule is COc1c(O)ccc2sccc12. The molecule has 1 N–H and O–H groups in total. The second kappa shape index (κ2) is 2.68. The van der Waals surface area contributed by atoms with Gasteiger partial charge in [-0.25, -0.2) is 0 Å². The third-order valence-electron chi connectivity index (χ3n) is 1.77. The van der Waals surface area contributed by atoms with Gasteiger partial charge in [-0.3, -0.25) is 0 Å². The van der Waals surface area contributed by atoms with Crippen molar-refractivity contribution < 1.29 is 9.84 Å². The van der Waals surface area contributed by atoms with Gasteiger partial charge in [0, 0.05) is 10.1 Å². The first kappa shape index (κ1) is 7.43. The normalized spacial score (nSPS) is 10.4. The maximum Gasteiger partial charge on any atom is 0.169 e. The van der Waals surface area contributed by atoms with Crippen molar-refractivity contribution >= 4 is 21.4 Å². The van der Waals surface area contributed by atoms with Crippen molar-refractivity contribution in [1.82, 2.24) is 0 Å². The molecule has 0 radical (unpaired) electrons. The van der Waals surface area contributed by atoms with E-state index in [1.165, 1.54) is 0 Å². The summed E-state index contributed by atoms with van der Waals surface area (Å²) in [5.41, 5.74) is 0. The zero-order chi connectivity index (χ0) is 8.55. The average molecular weight is 180 g/mol. The number of ether oxygens (including phenoxy) is 1. The second-order valence-corrected chi connectivity index (χ2v) is 3.40. The van der Waals surface area contributed by atoms with Gasteiger partial charge >= 0.3 is 0 Å². The number of phenolic OH excluding ortho intramolecular Hbond substituents is 1. The molecule has 3 heteroatoms. The van der Waals surface area contributed by atoms with Crippen LogP contribution in [0.25, 0.3) is 10.1 Å². The van der Waals surface area contributed by atoms with Crippen LogP contribution in [0, 0.1) is 0 Å². The van der Waals surface area contributed by atoms with Crippen LogP contribution in [0.4, 0.5) is 0 Å². The third-order valence-corrected chi connectivity index (χ3v) is 2.65. The van der Waals surface area contributed by atoms with Crippen LogP contribution in [0.15, 0.2) is 23.6 Å². The zero-order valence-electron chi connectivity index (χ0n) is 6.57. The Morgan fingerprint density at radius 1 is 1.33 bits per heavy atom. The minimum Gasteiger partial charge on any atom is -0.504 e. The lowest BCUT2D eigenvalue weighted by atomic mass is 10.2. The molecule has 0 spiro atoms. The number of hydrogen-bond acceptors (Lipinski definition) is 3. The lowest BCUT2D eigenvalue weighted by Crippen LogP contribution is -1.83. The molecule has 62 valence electrons. The van der Waals surface area contributed by atoms with Gasteiger partial charge in [-0.1, -0.05) is 0 Å². The van der Waals surface area contributed by atoms with Gasteiger partial charge in [-0.05, 0) is 23.6 Å². The van der Waals surface area contributed by atoms with Crippen molar-refractivity contribution in [3.8, 4) is 11.5 Å². The van der Waals surface area contributed by atoms with Crippen molar-refractivity contribution in [2.75, 3.05) is 7.11 Å². The Morgan fingerprint density at radius 2 is 2.17 bits per heavy atom. The molecule has 0 saturated carbocycles. The van der Waals surface area contributed by atoms with E-state index in [1.54, 1.807) is 24.5 Å². The fourth-order valence-corrected chi connectivity index (χ4v) is 2.01. The first-order valence-electron chi connectivity index (χ1n) is 3.56. The van der Waals surface area contributed by atoms with Crippen LogP contribution in [0.1, 0.15) is 0 Å². The van der Waals surface area contributed by atoms with Crippen LogP contribution < -0.4 is 4.74 Å². The molecule has 2 rings (SSSR count). The standard InChI is InChI=1S/C9H8O2S/c1-11-9-6-4-5-12-8(6)3-2-7(9)10/h2-5,10H,1H3. The molecule has 0 amide bonds. The van der Waals surface area contributed by atoms with Crippen molar-refractivity contribution in [1.29, 1.82) is 0 Å². The summed E-state index contributed by atoms with van der Waals surface area (Å²) in [7, 11) is 1.56. The van der Waals surface area contributed by atoms with E-state index in [0.717, 1.165) is 10.1 Å². The predicted octanol–water partition coefficient (Wildman–Crippen LogP) is 2.62.